The summed E-state index contributed by atoms with van der Waals surface area (Å²) in [6, 6.07) is -0.784. The van der Waals surface area contributed by atoms with E-state index in [1.165, 1.54) is 6.08 Å². The second-order valence-corrected chi connectivity index (χ2v) is 8.09. The molecule has 23 heavy (non-hydrogen) atoms. The van der Waals surface area contributed by atoms with Gasteiger partial charge in [-0.2, -0.15) is 0 Å². The Hall–Kier alpha value is -1.05. The van der Waals surface area contributed by atoms with Crippen molar-refractivity contribution in [2.45, 2.75) is 60.7 Å². The van der Waals surface area contributed by atoms with Gasteiger partial charge in [0.1, 0.15) is 11.0 Å². The van der Waals surface area contributed by atoms with Crippen molar-refractivity contribution in [3.05, 3.63) is 11.6 Å². The first-order chi connectivity index (χ1) is 11.0. The second-order valence-electron chi connectivity index (χ2n) is 6.01. The van der Waals surface area contributed by atoms with Crippen LogP contribution in [0.15, 0.2) is 11.6 Å². The predicted octanol–water partition coefficient (Wildman–Crippen LogP) is 2.07. The van der Waals surface area contributed by atoms with E-state index < -0.39 is 17.8 Å². The third-order valence-electron chi connectivity index (χ3n) is 4.26. The van der Waals surface area contributed by atoms with E-state index in [-0.39, 0.29) is 17.1 Å². The Morgan fingerprint density at radius 2 is 1.65 bits per heavy atom. The molecule has 0 bridgehead atoms. The van der Waals surface area contributed by atoms with Crippen molar-refractivity contribution in [1.29, 1.82) is 0 Å². The van der Waals surface area contributed by atoms with Crippen LogP contribution in [0, 0.1) is 0 Å². The van der Waals surface area contributed by atoms with Crippen LogP contribution in [-0.2, 0) is 14.3 Å². The summed E-state index contributed by atoms with van der Waals surface area (Å²) in [6.07, 6.45) is 7.23. The maximum Gasteiger partial charge on any atom is 0.328 e. The number of ether oxygens (including phenoxy) is 1. The molecule has 3 fully saturated rings. The van der Waals surface area contributed by atoms with Gasteiger partial charge in [0.25, 0.3) is 11.8 Å². The summed E-state index contributed by atoms with van der Waals surface area (Å²) in [5, 5.41) is 5.00. The minimum atomic E-state index is -0.784. The SMILES string of the molecule is O=C1NC(=O)C(=CC2CCC(SC3CCC(Cl)CC3)O2)C(=O)N1. The first-order valence-electron chi connectivity index (χ1n) is 7.84. The number of amides is 4. The fourth-order valence-corrected chi connectivity index (χ4v) is 4.74. The third kappa shape index (κ3) is 4.28. The van der Waals surface area contributed by atoms with Gasteiger partial charge in [-0.1, -0.05) is 0 Å². The van der Waals surface area contributed by atoms with Crippen molar-refractivity contribution in [2.24, 2.45) is 0 Å². The number of carbonyl (C=O) groups excluding carboxylic acids is 3. The van der Waals surface area contributed by atoms with Crippen molar-refractivity contribution in [2.75, 3.05) is 0 Å². The van der Waals surface area contributed by atoms with Crippen LogP contribution < -0.4 is 10.6 Å². The van der Waals surface area contributed by atoms with Crippen molar-refractivity contribution < 1.29 is 19.1 Å². The standard InChI is InChI=1S/C15H19ClN2O4S/c16-8-1-4-10(5-2-8)23-12-6-3-9(22-12)7-11-13(19)17-15(21)18-14(11)20/h7-10,12H,1-6H2,(H2,17,18,19,20,21). The molecule has 4 amide bonds. The lowest BCUT2D eigenvalue weighted by molar-refractivity contribution is -0.124. The summed E-state index contributed by atoms with van der Waals surface area (Å²) in [5.74, 6) is -1.34. The fraction of sp³-hybridized carbons (Fsp3) is 0.667. The molecule has 0 aromatic heterocycles. The van der Waals surface area contributed by atoms with E-state index in [2.05, 4.69) is 10.6 Å². The Kier molecular flexibility index (Phi) is 5.28. The van der Waals surface area contributed by atoms with Gasteiger partial charge in [0, 0.05) is 10.6 Å². The molecule has 2 saturated heterocycles. The van der Waals surface area contributed by atoms with Gasteiger partial charge in [0.05, 0.1) is 6.10 Å². The number of halogens is 1. The number of alkyl halides is 1. The Bertz CT molecular complexity index is 524. The van der Waals surface area contributed by atoms with Gasteiger partial charge >= 0.3 is 6.03 Å². The van der Waals surface area contributed by atoms with Gasteiger partial charge in [0.2, 0.25) is 0 Å². The number of hydrogen-bond donors (Lipinski definition) is 2. The molecule has 6 nitrogen and oxygen atoms in total. The monoisotopic (exact) mass is 358 g/mol. The van der Waals surface area contributed by atoms with E-state index in [1.807, 2.05) is 11.8 Å². The van der Waals surface area contributed by atoms with Crippen molar-refractivity contribution in [3.63, 3.8) is 0 Å². The Balaban J connectivity index is 1.53. The summed E-state index contributed by atoms with van der Waals surface area (Å²) < 4.78 is 5.93. The van der Waals surface area contributed by atoms with Gasteiger partial charge in [-0.05, 0) is 44.6 Å². The molecule has 126 valence electrons. The molecular weight excluding hydrogens is 340 g/mol. The summed E-state index contributed by atoms with van der Waals surface area (Å²) in [6.45, 7) is 0. The van der Waals surface area contributed by atoms with Crippen LogP contribution in [0.3, 0.4) is 0 Å². The van der Waals surface area contributed by atoms with Gasteiger partial charge < -0.3 is 4.74 Å². The number of thioether (sulfide) groups is 1. The molecule has 0 radical (unpaired) electrons. The maximum absolute atomic E-state index is 11.7. The number of barbiturate groups is 1. The topological polar surface area (TPSA) is 84.5 Å². The Labute approximate surface area is 143 Å². The second kappa shape index (κ2) is 7.23. The molecule has 2 heterocycles. The van der Waals surface area contributed by atoms with E-state index in [9.17, 15) is 14.4 Å². The average molecular weight is 359 g/mol. The number of hydrogen-bond acceptors (Lipinski definition) is 5. The molecule has 0 aromatic carbocycles. The van der Waals surface area contributed by atoms with Crippen LogP contribution in [0.5, 0.6) is 0 Å². The molecule has 8 heteroatoms. The van der Waals surface area contributed by atoms with E-state index in [1.54, 1.807) is 0 Å². The predicted molar refractivity (Wildman–Crippen MR) is 87.1 cm³/mol. The highest BCUT2D eigenvalue weighted by molar-refractivity contribution is 8.00. The smallest absolute Gasteiger partial charge is 0.328 e. The highest BCUT2D eigenvalue weighted by atomic mass is 35.5. The van der Waals surface area contributed by atoms with E-state index in [0.717, 1.165) is 38.5 Å². The summed E-state index contributed by atoms with van der Waals surface area (Å²) in [7, 11) is 0. The minimum absolute atomic E-state index is 0.0529. The number of rotatable bonds is 3. The largest absolute Gasteiger partial charge is 0.360 e. The van der Waals surface area contributed by atoms with Gasteiger partial charge in [0.15, 0.2) is 0 Å². The number of urea groups is 1. The molecule has 3 rings (SSSR count). The summed E-state index contributed by atoms with van der Waals surface area (Å²) >= 11 is 7.95. The summed E-state index contributed by atoms with van der Waals surface area (Å²) in [4.78, 5) is 34.4. The zero-order chi connectivity index (χ0) is 16.4. The van der Waals surface area contributed by atoms with Crippen molar-refractivity contribution in [1.82, 2.24) is 10.6 Å². The zero-order valence-corrected chi connectivity index (χ0v) is 14.1. The van der Waals surface area contributed by atoms with E-state index in [4.69, 9.17) is 16.3 Å². The van der Waals surface area contributed by atoms with Gasteiger partial charge in [-0.3, -0.25) is 20.2 Å². The van der Waals surface area contributed by atoms with E-state index >= 15 is 0 Å². The number of imide groups is 2. The highest BCUT2D eigenvalue weighted by Crippen LogP contribution is 2.38. The third-order valence-corrected chi connectivity index (χ3v) is 6.20. The molecule has 1 saturated carbocycles. The Morgan fingerprint density at radius 3 is 2.30 bits per heavy atom. The zero-order valence-electron chi connectivity index (χ0n) is 12.5. The minimum Gasteiger partial charge on any atom is -0.360 e. The molecule has 0 aromatic rings. The van der Waals surface area contributed by atoms with E-state index in [0.29, 0.717) is 10.6 Å². The van der Waals surface area contributed by atoms with Gasteiger partial charge in [-0.25, -0.2) is 4.79 Å². The quantitative estimate of drug-likeness (QED) is 0.458. The van der Waals surface area contributed by atoms with Crippen LogP contribution in [-0.4, -0.2) is 40.0 Å². The molecule has 3 aliphatic rings. The van der Waals surface area contributed by atoms with Crippen LogP contribution in [0.2, 0.25) is 0 Å². The maximum atomic E-state index is 11.7. The lowest BCUT2D eigenvalue weighted by atomic mass is 10.00. The first-order valence-corrected chi connectivity index (χ1v) is 9.22. The molecule has 2 aliphatic heterocycles. The Morgan fingerprint density at radius 1 is 1.00 bits per heavy atom. The van der Waals surface area contributed by atoms with Crippen LogP contribution in [0.4, 0.5) is 4.79 Å². The number of carbonyl (C=O) groups is 3. The molecule has 1 aliphatic carbocycles. The van der Waals surface area contributed by atoms with Crippen LogP contribution in [0.1, 0.15) is 38.5 Å². The summed E-state index contributed by atoms with van der Waals surface area (Å²) in [5.41, 5.74) is 0.0352. The van der Waals surface area contributed by atoms with Crippen molar-refractivity contribution >= 4 is 41.2 Å². The van der Waals surface area contributed by atoms with Gasteiger partial charge in [-0.15, -0.1) is 23.4 Å². The molecular formula is C15H19ClN2O4S. The van der Waals surface area contributed by atoms with Crippen LogP contribution in [0.25, 0.3) is 0 Å². The molecule has 2 atom stereocenters. The fourth-order valence-electron chi connectivity index (χ4n) is 3.04. The lowest BCUT2D eigenvalue weighted by Crippen LogP contribution is -2.51. The average Bonchev–Trinajstić information content (AvgIpc) is 2.93. The lowest BCUT2D eigenvalue weighted by Gasteiger charge is -2.26. The molecule has 2 N–H and O–H groups in total. The first kappa shape index (κ1) is 16.8. The molecule has 0 spiro atoms. The normalized spacial score (nSPS) is 35.0. The molecule has 2 unspecified atom stereocenters. The number of nitrogens with one attached hydrogen (secondary N) is 2. The van der Waals surface area contributed by atoms with Crippen LogP contribution >= 0.6 is 23.4 Å². The van der Waals surface area contributed by atoms with Crippen molar-refractivity contribution in [3.8, 4) is 0 Å². The highest BCUT2D eigenvalue weighted by Gasteiger charge is 2.33.